The standard InChI is InChI=1S/C18H18N4O6S/c23-11-1-3-20(8-11)13(24)9-21-6-10(5-19-21)7-22-12-2-4-29-16(12)14(18(27)28)15(25)17(22)26/h2,4-6,11,23,25H,1,3,7-9H2,(H,27,28). The van der Waals surface area contributed by atoms with E-state index in [-0.39, 0.29) is 19.0 Å². The van der Waals surface area contributed by atoms with Crippen LogP contribution in [0.25, 0.3) is 10.2 Å². The van der Waals surface area contributed by atoms with Gasteiger partial charge in [-0.25, -0.2) is 4.79 Å². The zero-order valence-electron chi connectivity index (χ0n) is 15.2. The van der Waals surface area contributed by atoms with E-state index >= 15 is 0 Å². The Hall–Kier alpha value is -3.18. The Kier molecular flexibility index (Phi) is 4.84. The van der Waals surface area contributed by atoms with E-state index in [1.807, 2.05) is 0 Å². The summed E-state index contributed by atoms with van der Waals surface area (Å²) in [5, 5.41) is 34.8. The van der Waals surface area contributed by atoms with Gasteiger partial charge in [0.15, 0.2) is 5.75 Å². The molecule has 152 valence electrons. The van der Waals surface area contributed by atoms with Crippen molar-refractivity contribution in [1.82, 2.24) is 19.2 Å². The van der Waals surface area contributed by atoms with Gasteiger partial charge in [-0.2, -0.15) is 5.10 Å². The van der Waals surface area contributed by atoms with Gasteiger partial charge in [0.05, 0.1) is 29.1 Å². The Labute approximate surface area is 167 Å². The van der Waals surface area contributed by atoms with E-state index < -0.39 is 28.9 Å². The van der Waals surface area contributed by atoms with Crippen LogP contribution in [0, 0.1) is 0 Å². The average molecular weight is 418 g/mol. The second-order valence-corrected chi connectivity index (χ2v) is 7.80. The zero-order valence-corrected chi connectivity index (χ0v) is 16.0. The molecule has 1 unspecified atom stereocenters. The number of amides is 1. The van der Waals surface area contributed by atoms with Gasteiger partial charge in [0.1, 0.15) is 12.1 Å². The number of nitrogens with zero attached hydrogens (tertiary/aromatic N) is 4. The van der Waals surface area contributed by atoms with Crippen LogP contribution in [0.1, 0.15) is 22.3 Å². The topological polar surface area (TPSA) is 138 Å². The van der Waals surface area contributed by atoms with E-state index in [4.69, 9.17) is 0 Å². The lowest BCUT2D eigenvalue weighted by atomic mass is 10.2. The van der Waals surface area contributed by atoms with Crippen molar-refractivity contribution in [1.29, 1.82) is 0 Å². The molecule has 0 saturated carbocycles. The Balaban J connectivity index is 1.59. The van der Waals surface area contributed by atoms with Crippen molar-refractivity contribution in [2.75, 3.05) is 13.1 Å². The molecule has 0 bridgehead atoms. The average Bonchev–Trinajstić information content (AvgIpc) is 3.40. The number of fused-ring (bicyclic) bond motifs is 1. The first-order chi connectivity index (χ1) is 13.8. The number of carboxylic acid groups (broad SMARTS) is 1. The summed E-state index contributed by atoms with van der Waals surface area (Å²) >= 11 is 1.13. The molecule has 10 nitrogen and oxygen atoms in total. The highest BCUT2D eigenvalue weighted by molar-refractivity contribution is 7.17. The third kappa shape index (κ3) is 3.49. The smallest absolute Gasteiger partial charge is 0.341 e. The van der Waals surface area contributed by atoms with Gasteiger partial charge >= 0.3 is 5.97 Å². The molecule has 1 aliphatic rings. The second-order valence-electron chi connectivity index (χ2n) is 6.88. The molecule has 1 atom stereocenters. The number of aromatic hydroxyl groups is 1. The first kappa shape index (κ1) is 19.2. The van der Waals surface area contributed by atoms with Gasteiger partial charge in [-0.15, -0.1) is 11.3 Å². The van der Waals surface area contributed by atoms with E-state index in [9.17, 15) is 29.7 Å². The molecule has 0 aromatic carbocycles. The van der Waals surface area contributed by atoms with E-state index in [2.05, 4.69) is 5.10 Å². The summed E-state index contributed by atoms with van der Waals surface area (Å²) in [6.45, 7) is 0.900. The predicted octanol–water partition coefficient (Wildman–Crippen LogP) is 0.305. The van der Waals surface area contributed by atoms with Gasteiger partial charge in [-0.05, 0) is 17.9 Å². The number of aromatic nitrogens is 3. The van der Waals surface area contributed by atoms with Crippen molar-refractivity contribution < 1.29 is 24.9 Å². The maximum Gasteiger partial charge on any atom is 0.341 e. The minimum atomic E-state index is -1.36. The molecule has 1 amide bonds. The van der Waals surface area contributed by atoms with Crippen molar-refractivity contribution in [3.05, 3.63) is 45.3 Å². The molecule has 11 heteroatoms. The number of rotatable bonds is 5. The fourth-order valence-electron chi connectivity index (χ4n) is 3.47. The lowest BCUT2D eigenvalue weighted by molar-refractivity contribution is -0.131. The van der Waals surface area contributed by atoms with E-state index in [0.29, 0.717) is 35.3 Å². The number of β-amino-alcohol motifs (C(OH)–C–C–N with tert-alkyl or cyclic N) is 1. The first-order valence-electron chi connectivity index (χ1n) is 8.88. The van der Waals surface area contributed by atoms with Crippen LogP contribution in [0.2, 0.25) is 0 Å². The predicted molar refractivity (Wildman–Crippen MR) is 103 cm³/mol. The molecule has 3 aromatic rings. The number of hydrogen-bond acceptors (Lipinski definition) is 7. The van der Waals surface area contributed by atoms with Crippen LogP contribution in [-0.4, -0.2) is 65.6 Å². The number of pyridine rings is 1. The van der Waals surface area contributed by atoms with Crippen LogP contribution in [0.4, 0.5) is 0 Å². The SMILES string of the molecule is O=C(O)c1c(O)c(=O)n(Cc2cnn(CC(=O)N3CCC(O)C3)c2)c2ccsc12. The van der Waals surface area contributed by atoms with Crippen LogP contribution in [0.3, 0.4) is 0 Å². The fraction of sp³-hybridized carbons (Fsp3) is 0.333. The highest BCUT2D eigenvalue weighted by Gasteiger charge is 2.25. The van der Waals surface area contributed by atoms with Crippen molar-refractivity contribution >= 4 is 33.4 Å². The minimum absolute atomic E-state index is 0.0126. The summed E-state index contributed by atoms with van der Waals surface area (Å²) < 4.78 is 3.04. The number of carbonyl (C=O) groups excluding carboxylic acids is 1. The second kappa shape index (κ2) is 7.33. The molecule has 1 aliphatic heterocycles. The zero-order chi connectivity index (χ0) is 20.7. The maximum atomic E-state index is 12.5. The summed E-state index contributed by atoms with van der Waals surface area (Å²) in [6.07, 6.45) is 3.20. The number of aliphatic hydroxyl groups excluding tert-OH is 1. The summed E-state index contributed by atoms with van der Waals surface area (Å²) in [5.74, 6) is -2.32. The number of thiophene rings is 1. The van der Waals surface area contributed by atoms with Crippen molar-refractivity contribution in [3.63, 3.8) is 0 Å². The monoisotopic (exact) mass is 418 g/mol. The van der Waals surface area contributed by atoms with Crippen molar-refractivity contribution in [2.45, 2.75) is 25.6 Å². The molecule has 3 aromatic heterocycles. The van der Waals surface area contributed by atoms with Crippen LogP contribution < -0.4 is 5.56 Å². The van der Waals surface area contributed by atoms with Crippen LogP contribution in [-0.2, 0) is 17.9 Å². The first-order valence-corrected chi connectivity index (χ1v) is 9.76. The molecular formula is C18H18N4O6S. The molecule has 4 heterocycles. The van der Waals surface area contributed by atoms with E-state index in [0.717, 1.165) is 11.3 Å². The fourth-order valence-corrected chi connectivity index (χ4v) is 4.41. The molecule has 29 heavy (non-hydrogen) atoms. The maximum absolute atomic E-state index is 12.5. The third-order valence-electron chi connectivity index (χ3n) is 4.90. The highest BCUT2D eigenvalue weighted by Crippen LogP contribution is 2.29. The number of carbonyl (C=O) groups is 2. The van der Waals surface area contributed by atoms with Gasteiger partial charge < -0.3 is 20.2 Å². The number of likely N-dealkylation sites (tertiary alicyclic amines) is 1. The summed E-state index contributed by atoms with van der Waals surface area (Å²) in [5.41, 5.74) is -0.171. The Bertz CT molecular complexity index is 1160. The van der Waals surface area contributed by atoms with Crippen LogP contribution in [0.15, 0.2) is 28.6 Å². The number of carboxylic acids is 1. The minimum Gasteiger partial charge on any atom is -0.502 e. The highest BCUT2D eigenvalue weighted by atomic mass is 32.1. The van der Waals surface area contributed by atoms with Gasteiger partial charge in [0, 0.05) is 24.8 Å². The summed E-state index contributed by atoms with van der Waals surface area (Å²) in [6, 6.07) is 1.62. The molecular weight excluding hydrogens is 400 g/mol. The quantitative estimate of drug-likeness (QED) is 0.542. The number of hydrogen-bond donors (Lipinski definition) is 3. The van der Waals surface area contributed by atoms with E-state index in [1.54, 1.807) is 22.5 Å². The van der Waals surface area contributed by atoms with Gasteiger partial charge in [-0.3, -0.25) is 18.8 Å². The summed E-state index contributed by atoms with van der Waals surface area (Å²) in [4.78, 5) is 37.8. The van der Waals surface area contributed by atoms with Crippen LogP contribution in [0.5, 0.6) is 5.75 Å². The lowest BCUT2D eigenvalue weighted by Gasteiger charge is -2.15. The third-order valence-corrected chi connectivity index (χ3v) is 5.82. The molecule has 3 N–H and O–H groups in total. The number of aliphatic hydroxyl groups is 1. The molecule has 0 aliphatic carbocycles. The Morgan fingerprint density at radius 1 is 1.34 bits per heavy atom. The molecule has 4 rings (SSSR count). The van der Waals surface area contributed by atoms with Gasteiger partial charge in [-0.1, -0.05) is 0 Å². The molecule has 0 radical (unpaired) electrons. The molecule has 0 spiro atoms. The van der Waals surface area contributed by atoms with E-state index in [1.165, 1.54) is 15.4 Å². The van der Waals surface area contributed by atoms with Crippen molar-refractivity contribution in [2.24, 2.45) is 0 Å². The van der Waals surface area contributed by atoms with Gasteiger partial charge in [0.25, 0.3) is 5.56 Å². The Morgan fingerprint density at radius 2 is 2.14 bits per heavy atom. The summed E-state index contributed by atoms with van der Waals surface area (Å²) in [7, 11) is 0. The number of aromatic carboxylic acids is 1. The van der Waals surface area contributed by atoms with Crippen LogP contribution >= 0.6 is 11.3 Å². The normalized spacial score (nSPS) is 16.6. The molecule has 1 saturated heterocycles. The lowest BCUT2D eigenvalue weighted by Crippen LogP contribution is -2.32. The van der Waals surface area contributed by atoms with Gasteiger partial charge in [0.2, 0.25) is 5.91 Å². The Morgan fingerprint density at radius 3 is 2.83 bits per heavy atom. The molecule has 1 fully saturated rings. The van der Waals surface area contributed by atoms with Crippen molar-refractivity contribution in [3.8, 4) is 5.75 Å². The largest absolute Gasteiger partial charge is 0.502 e.